The molecule has 0 amide bonds. The van der Waals surface area contributed by atoms with E-state index in [1.807, 2.05) is 6.08 Å². The van der Waals surface area contributed by atoms with E-state index in [-0.39, 0.29) is 16.8 Å². The molecule has 0 spiro atoms. The minimum atomic E-state index is -0.200. The summed E-state index contributed by atoms with van der Waals surface area (Å²) in [5.41, 5.74) is 7.18. The van der Waals surface area contributed by atoms with Crippen molar-refractivity contribution in [1.29, 1.82) is 0 Å². The van der Waals surface area contributed by atoms with Crippen molar-refractivity contribution in [2.75, 3.05) is 0 Å². The highest BCUT2D eigenvalue weighted by Crippen LogP contribution is 2.48. The molecule has 1 nitrogen and oxygen atoms in total. The quantitative estimate of drug-likeness (QED) is 0.828. The Hall–Kier alpha value is -1.15. The van der Waals surface area contributed by atoms with Crippen LogP contribution < -0.4 is 5.73 Å². The highest BCUT2D eigenvalue weighted by atomic mass is 19.1. The van der Waals surface area contributed by atoms with Crippen molar-refractivity contribution >= 4 is 6.08 Å². The van der Waals surface area contributed by atoms with Crippen LogP contribution in [0.1, 0.15) is 32.3 Å². The molecule has 16 heavy (non-hydrogen) atoms. The summed E-state index contributed by atoms with van der Waals surface area (Å²) in [6.45, 7) is 4.31. The van der Waals surface area contributed by atoms with E-state index in [1.165, 1.54) is 12.1 Å². The second-order valence-electron chi connectivity index (χ2n) is 5.26. The lowest BCUT2D eigenvalue weighted by atomic mass is 9.82. The lowest BCUT2D eigenvalue weighted by Crippen LogP contribution is -2.38. The molecule has 2 rings (SSSR count). The zero-order valence-electron chi connectivity index (χ0n) is 9.83. The molecule has 1 aromatic rings. The summed E-state index contributed by atoms with van der Waals surface area (Å²) in [6.07, 6.45) is 6.33. The SMILES string of the molecule is CC(C)(/C=C/c1ccc(F)cc1)C1(N)CC1. The Balaban J connectivity index is 2.12. The van der Waals surface area contributed by atoms with Gasteiger partial charge in [0.15, 0.2) is 0 Å². The maximum atomic E-state index is 12.7. The van der Waals surface area contributed by atoms with Gasteiger partial charge in [-0.3, -0.25) is 0 Å². The van der Waals surface area contributed by atoms with Gasteiger partial charge in [-0.1, -0.05) is 38.1 Å². The van der Waals surface area contributed by atoms with Gasteiger partial charge in [0.25, 0.3) is 0 Å². The van der Waals surface area contributed by atoms with Crippen LogP contribution in [0.4, 0.5) is 4.39 Å². The monoisotopic (exact) mass is 219 g/mol. The predicted molar refractivity (Wildman–Crippen MR) is 65.4 cm³/mol. The average Bonchev–Trinajstić information content (AvgIpc) is 2.98. The summed E-state index contributed by atoms with van der Waals surface area (Å²) in [6, 6.07) is 6.50. The lowest BCUT2D eigenvalue weighted by Gasteiger charge is -2.28. The van der Waals surface area contributed by atoms with E-state index in [0.29, 0.717) is 0 Å². The number of hydrogen-bond donors (Lipinski definition) is 1. The van der Waals surface area contributed by atoms with Crippen molar-refractivity contribution < 1.29 is 4.39 Å². The van der Waals surface area contributed by atoms with Gasteiger partial charge in [0.1, 0.15) is 5.82 Å². The average molecular weight is 219 g/mol. The Bertz CT molecular complexity index is 399. The molecular formula is C14H18FN. The normalized spacial score (nSPS) is 19.0. The van der Waals surface area contributed by atoms with Gasteiger partial charge >= 0.3 is 0 Å². The summed E-state index contributed by atoms with van der Waals surface area (Å²) < 4.78 is 12.7. The molecule has 86 valence electrons. The molecular weight excluding hydrogens is 201 g/mol. The van der Waals surface area contributed by atoms with E-state index in [0.717, 1.165) is 18.4 Å². The Morgan fingerprint density at radius 3 is 2.31 bits per heavy atom. The molecule has 2 heteroatoms. The number of benzene rings is 1. The molecule has 0 saturated heterocycles. The molecule has 1 saturated carbocycles. The zero-order valence-corrected chi connectivity index (χ0v) is 9.83. The second-order valence-corrected chi connectivity index (χ2v) is 5.26. The molecule has 1 aromatic carbocycles. The second kappa shape index (κ2) is 3.70. The topological polar surface area (TPSA) is 26.0 Å². The Kier molecular flexibility index (Phi) is 2.62. The van der Waals surface area contributed by atoms with Gasteiger partial charge in [-0.25, -0.2) is 4.39 Å². The maximum Gasteiger partial charge on any atom is 0.123 e. The largest absolute Gasteiger partial charge is 0.324 e. The Morgan fingerprint density at radius 2 is 1.81 bits per heavy atom. The fraction of sp³-hybridized carbons (Fsp3) is 0.429. The molecule has 1 aliphatic rings. The van der Waals surface area contributed by atoms with Gasteiger partial charge in [-0.05, 0) is 30.5 Å². The van der Waals surface area contributed by atoms with Crippen molar-refractivity contribution in [2.45, 2.75) is 32.2 Å². The molecule has 2 N–H and O–H groups in total. The summed E-state index contributed by atoms with van der Waals surface area (Å²) in [5, 5.41) is 0. The van der Waals surface area contributed by atoms with Gasteiger partial charge in [-0.15, -0.1) is 0 Å². The zero-order chi connectivity index (χ0) is 11.8. The molecule has 1 fully saturated rings. The number of hydrogen-bond acceptors (Lipinski definition) is 1. The van der Waals surface area contributed by atoms with Crippen molar-refractivity contribution in [2.24, 2.45) is 11.1 Å². The fourth-order valence-corrected chi connectivity index (χ4v) is 1.82. The first-order chi connectivity index (χ1) is 7.43. The van der Waals surface area contributed by atoms with Crippen molar-refractivity contribution in [3.63, 3.8) is 0 Å². The van der Waals surface area contributed by atoms with Crippen LogP contribution in [-0.4, -0.2) is 5.54 Å². The third-order valence-corrected chi connectivity index (χ3v) is 3.63. The molecule has 1 aliphatic carbocycles. The fourth-order valence-electron chi connectivity index (χ4n) is 1.82. The molecule has 0 radical (unpaired) electrons. The lowest BCUT2D eigenvalue weighted by molar-refractivity contribution is 0.354. The highest BCUT2D eigenvalue weighted by Gasteiger charge is 2.49. The van der Waals surface area contributed by atoms with Crippen molar-refractivity contribution in [3.05, 3.63) is 41.7 Å². The van der Waals surface area contributed by atoms with E-state index in [2.05, 4.69) is 19.9 Å². The molecule has 0 aliphatic heterocycles. The van der Waals surface area contributed by atoms with Gasteiger partial charge < -0.3 is 5.73 Å². The van der Waals surface area contributed by atoms with Gasteiger partial charge in [0.05, 0.1) is 0 Å². The van der Waals surface area contributed by atoms with Gasteiger partial charge in [0, 0.05) is 11.0 Å². The number of rotatable bonds is 3. The number of halogens is 1. The predicted octanol–water partition coefficient (Wildman–Crippen LogP) is 3.36. The minimum absolute atomic E-state index is 0.00138. The van der Waals surface area contributed by atoms with Crippen LogP contribution in [-0.2, 0) is 0 Å². The number of nitrogens with two attached hydrogens (primary N) is 1. The maximum absolute atomic E-state index is 12.7. The molecule has 0 aromatic heterocycles. The summed E-state index contributed by atoms with van der Waals surface area (Å²) in [4.78, 5) is 0. The van der Waals surface area contributed by atoms with Crippen LogP contribution in [0.3, 0.4) is 0 Å². The Labute approximate surface area is 96.2 Å². The molecule has 0 bridgehead atoms. The first-order valence-corrected chi connectivity index (χ1v) is 5.67. The van der Waals surface area contributed by atoms with Crippen LogP contribution >= 0.6 is 0 Å². The summed E-state index contributed by atoms with van der Waals surface area (Å²) in [7, 11) is 0. The first kappa shape index (κ1) is 11.3. The summed E-state index contributed by atoms with van der Waals surface area (Å²) in [5.74, 6) is -0.200. The van der Waals surface area contributed by atoms with E-state index in [9.17, 15) is 4.39 Å². The van der Waals surface area contributed by atoms with Gasteiger partial charge in [-0.2, -0.15) is 0 Å². The molecule has 0 heterocycles. The van der Waals surface area contributed by atoms with Crippen LogP contribution in [0.25, 0.3) is 6.08 Å². The van der Waals surface area contributed by atoms with Crippen LogP contribution in [0.15, 0.2) is 30.3 Å². The van der Waals surface area contributed by atoms with Crippen LogP contribution in [0.2, 0.25) is 0 Å². The van der Waals surface area contributed by atoms with Crippen LogP contribution in [0, 0.1) is 11.2 Å². The molecule has 0 unspecified atom stereocenters. The minimum Gasteiger partial charge on any atom is -0.324 e. The van der Waals surface area contributed by atoms with E-state index < -0.39 is 0 Å². The highest BCUT2D eigenvalue weighted by molar-refractivity contribution is 5.50. The van der Waals surface area contributed by atoms with Gasteiger partial charge in [0.2, 0.25) is 0 Å². The van der Waals surface area contributed by atoms with Crippen molar-refractivity contribution in [1.82, 2.24) is 0 Å². The Morgan fingerprint density at radius 1 is 1.25 bits per heavy atom. The third-order valence-electron chi connectivity index (χ3n) is 3.63. The van der Waals surface area contributed by atoms with E-state index >= 15 is 0 Å². The van der Waals surface area contributed by atoms with E-state index in [1.54, 1.807) is 12.1 Å². The van der Waals surface area contributed by atoms with E-state index in [4.69, 9.17) is 5.73 Å². The van der Waals surface area contributed by atoms with Crippen LogP contribution in [0.5, 0.6) is 0 Å². The summed E-state index contributed by atoms with van der Waals surface area (Å²) >= 11 is 0. The van der Waals surface area contributed by atoms with Crippen molar-refractivity contribution in [3.8, 4) is 0 Å². The smallest absolute Gasteiger partial charge is 0.123 e. The molecule has 0 atom stereocenters. The third kappa shape index (κ3) is 2.17. The standard InChI is InChI=1S/C14H18FN/c1-13(2,14(16)9-10-14)8-7-11-3-5-12(15)6-4-11/h3-8H,9-10,16H2,1-2H3/b8-7+. The first-order valence-electron chi connectivity index (χ1n) is 5.67.